The Hall–Kier alpha value is -2.74. The molecule has 0 atom stereocenters. The van der Waals surface area contributed by atoms with Crippen molar-refractivity contribution in [3.8, 4) is 0 Å². The van der Waals surface area contributed by atoms with Gasteiger partial charge in [0.25, 0.3) is 5.91 Å². The molecule has 0 saturated carbocycles. The van der Waals surface area contributed by atoms with Crippen LogP contribution in [0.3, 0.4) is 0 Å². The summed E-state index contributed by atoms with van der Waals surface area (Å²) in [7, 11) is 1.72. The maximum Gasteiger partial charge on any atom is 0.253 e. The predicted molar refractivity (Wildman–Crippen MR) is 112 cm³/mol. The molecule has 1 aliphatic heterocycles. The molecule has 0 bridgehead atoms. The van der Waals surface area contributed by atoms with Gasteiger partial charge in [-0.2, -0.15) is 0 Å². The first-order chi connectivity index (χ1) is 14.2. The number of amides is 2. The molecule has 1 fully saturated rings. The van der Waals surface area contributed by atoms with Gasteiger partial charge in [-0.3, -0.25) is 19.4 Å². The van der Waals surface area contributed by atoms with Crippen LogP contribution in [0.5, 0.6) is 0 Å². The molecule has 0 unspecified atom stereocenters. The summed E-state index contributed by atoms with van der Waals surface area (Å²) in [6, 6.07) is 17.6. The smallest absolute Gasteiger partial charge is 0.253 e. The van der Waals surface area contributed by atoms with Gasteiger partial charge in [0.15, 0.2) is 0 Å². The van der Waals surface area contributed by atoms with Crippen LogP contribution in [-0.4, -0.2) is 69.7 Å². The molecule has 2 aromatic rings. The molecular formula is C22H27N4O3. The number of morpholine rings is 1. The monoisotopic (exact) mass is 395 g/mol. The lowest BCUT2D eigenvalue weighted by molar-refractivity contribution is -0.117. The first-order valence-electron chi connectivity index (χ1n) is 9.82. The van der Waals surface area contributed by atoms with Gasteiger partial charge in [0.05, 0.1) is 31.0 Å². The fourth-order valence-electron chi connectivity index (χ4n) is 3.25. The zero-order valence-corrected chi connectivity index (χ0v) is 16.7. The van der Waals surface area contributed by atoms with Crippen LogP contribution >= 0.6 is 0 Å². The summed E-state index contributed by atoms with van der Waals surface area (Å²) in [5, 5.41) is 5.85. The molecule has 2 amide bonds. The second-order valence-corrected chi connectivity index (χ2v) is 6.74. The largest absolute Gasteiger partial charge is 0.379 e. The van der Waals surface area contributed by atoms with Gasteiger partial charge < -0.3 is 15.4 Å². The number of benzene rings is 2. The van der Waals surface area contributed by atoms with Gasteiger partial charge in [-0.25, -0.2) is 0 Å². The molecule has 153 valence electrons. The first kappa shape index (κ1) is 21.0. The number of nitrogens with one attached hydrogen (secondary N) is 2. The van der Waals surface area contributed by atoms with E-state index in [-0.39, 0.29) is 18.4 Å². The zero-order valence-electron chi connectivity index (χ0n) is 16.7. The highest BCUT2D eigenvalue weighted by Gasteiger charge is 2.23. The number of hydrogen-bond donors (Lipinski definition) is 2. The number of anilines is 2. The van der Waals surface area contributed by atoms with E-state index < -0.39 is 0 Å². The third kappa shape index (κ3) is 5.63. The molecule has 29 heavy (non-hydrogen) atoms. The van der Waals surface area contributed by atoms with Crippen LogP contribution in [0, 0.1) is 6.07 Å². The van der Waals surface area contributed by atoms with E-state index in [1.165, 1.54) is 4.90 Å². The van der Waals surface area contributed by atoms with E-state index in [1.807, 2.05) is 30.3 Å². The highest BCUT2D eigenvalue weighted by atomic mass is 16.5. The van der Waals surface area contributed by atoms with E-state index in [4.69, 9.17) is 4.74 Å². The summed E-state index contributed by atoms with van der Waals surface area (Å²) in [5.41, 5.74) is 1.56. The van der Waals surface area contributed by atoms with Gasteiger partial charge in [0, 0.05) is 37.9 Å². The van der Waals surface area contributed by atoms with Crippen LogP contribution in [0.2, 0.25) is 0 Å². The topological polar surface area (TPSA) is 73.9 Å². The van der Waals surface area contributed by atoms with E-state index in [0.717, 1.165) is 32.8 Å². The Kier molecular flexibility index (Phi) is 7.75. The van der Waals surface area contributed by atoms with E-state index in [1.54, 1.807) is 25.2 Å². The molecule has 7 heteroatoms. The average molecular weight is 395 g/mol. The summed E-state index contributed by atoms with van der Waals surface area (Å²) >= 11 is 0. The third-order valence-corrected chi connectivity index (χ3v) is 4.71. The zero-order chi connectivity index (χ0) is 20.5. The van der Waals surface area contributed by atoms with Crippen LogP contribution in [0.4, 0.5) is 11.4 Å². The van der Waals surface area contributed by atoms with Gasteiger partial charge in [-0.05, 0) is 25.2 Å². The molecule has 2 N–H and O–H groups in total. The lowest BCUT2D eigenvalue weighted by atomic mass is 10.1. The number of hydrogen-bond acceptors (Lipinski definition) is 5. The van der Waals surface area contributed by atoms with Crippen LogP contribution in [-0.2, 0) is 9.53 Å². The van der Waals surface area contributed by atoms with Crippen molar-refractivity contribution >= 4 is 23.2 Å². The maximum atomic E-state index is 12.9. The van der Waals surface area contributed by atoms with Gasteiger partial charge in [-0.15, -0.1) is 0 Å². The number of nitrogens with zero attached hydrogens (tertiary/aromatic N) is 2. The van der Waals surface area contributed by atoms with Crippen molar-refractivity contribution in [1.29, 1.82) is 0 Å². The summed E-state index contributed by atoms with van der Waals surface area (Å²) in [5.74, 6) is -0.383. The maximum absolute atomic E-state index is 12.9. The lowest BCUT2D eigenvalue weighted by Crippen LogP contribution is -2.41. The Morgan fingerprint density at radius 3 is 2.62 bits per heavy atom. The third-order valence-electron chi connectivity index (χ3n) is 4.71. The first-order valence-corrected chi connectivity index (χ1v) is 9.82. The van der Waals surface area contributed by atoms with Crippen molar-refractivity contribution < 1.29 is 14.3 Å². The van der Waals surface area contributed by atoms with Gasteiger partial charge in [-0.1, -0.05) is 30.3 Å². The molecule has 2 aromatic carbocycles. The summed E-state index contributed by atoms with van der Waals surface area (Å²) in [6.07, 6.45) is 0. The van der Waals surface area contributed by atoms with Crippen LogP contribution < -0.4 is 15.5 Å². The van der Waals surface area contributed by atoms with Crippen molar-refractivity contribution in [3.63, 3.8) is 0 Å². The van der Waals surface area contributed by atoms with Crippen LogP contribution in [0.1, 0.15) is 10.4 Å². The van der Waals surface area contributed by atoms with E-state index in [0.29, 0.717) is 23.5 Å². The minimum atomic E-state index is -0.219. The second kappa shape index (κ2) is 10.7. The number of likely N-dealkylation sites (N-methyl/N-ethyl adjacent to an activating group) is 1. The Balaban J connectivity index is 1.77. The molecule has 7 nitrogen and oxygen atoms in total. The standard InChI is InChI=1S/C22H27N4O3/c1-23-17-21(27)26(18-7-3-2-4-8-18)20-10-6-5-9-19(20)22(28)24-11-12-25-13-15-29-16-14-25/h2-9,23H,11-17H2,1H3,(H,24,28). The van der Waals surface area contributed by atoms with Gasteiger partial charge >= 0.3 is 0 Å². The van der Waals surface area contributed by atoms with Crippen LogP contribution in [0.15, 0.2) is 48.5 Å². The van der Waals surface area contributed by atoms with Crippen molar-refractivity contribution in [2.24, 2.45) is 0 Å². The quantitative estimate of drug-likeness (QED) is 0.708. The SMILES string of the molecule is CNCC(=O)N(c1ccccc1)c1[c]cccc1C(=O)NCCN1CCOCC1. The van der Waals surface area contributed by atoms with Gasteiger partial charge in [0.2, 0.25) is 5.91 Å². The molecule has 1 radical (unpaired) electrons. The van der Waals surface area contributed by atoms with Crippen molar-refractivity contribution in [2.75, 3.05) is 57.9 Å². The molecule has 0 aromatic heterocycles. The fraction of sp³-hybridized carbons (Fsp3) is 0.364. The Labute approximate surface area is 171 Å². The molecule has 0 aliphatic carbocycles. The Bertz CT molecular complexity index is 807. The summed E-state index contributed by atoms with van der Waals surface area (Å²) in [4.78, 5) is 29.5. The highest BCUT2D eigenvalue weighted by Crippen LogP contribution is 2.28. The molecule has 1 aliphatic rings. The Morgan fingerprint density at radius 1 is 1.14 bits per heavy atom. The number of ether oxygens (including phenoxy) is 1. The van der Waals surface area contributed by atoms with E-state index in [9.17, 15) is 9.59 Å². The number of carbonyl (C=O) groups is 2. The minimum Gasteiger partial charge on any atom is -0.379 e. The van der Waals surface area contributed by atoms with E-state index in [2.05, 4.69) is 21.6 Å². The van der Waals surface area contributed by atoms with Crippen molar-refractivity contribution in [1.82, 2.24) is 15.5 Å². The number of rotatable bonds is 8. The number of carbonyl (C=O) groups excluding carboxylic acids is 2. The highest BCUT2D eigenvalue weighted by molar-refractivity contribution is 6.08. The predicted octanol–water partition coefficient (Wildman–Crippen LogP) is 1.43. The van der Waals surface area contributed by atoms with Crippen molar-refractivity contribution in [3.05, 3.63) is 60.2 Å². The van der Waals surface area contributed by atoms with E-state index >= 15 is 0 Å². The lowest BCUT2D eigenvalue weighted by Gasteiger charge is -2.27. The molecule has 3 rings (SSSR count). The molecule has 1 saturated heterocycles. The average Bonchev–Trinajstić information content (AvgIpc) is 2.76. The Morgan fingerprint density at radius 2 is 1.90 bits per heavy atom. The normalized spacial score (nSPS) is 14.4. The second-order valence-electron chi connectivity index (χ2n) is 6.74. The minimum absolute atomic E-state index is 0.149. The van der Waals surface area contributed by atoms with Crippen LogP contribution in [0.25, 0.3) is 0 Å². The van der Waals surface area contributed by atoms with Crippen molar-refractivity contribution in [2.45, 2.75) is 0 Å². The summed E-state index contributed by atoms with van der Waals surface area (Å²) in [6.45, 7) is 4.65. The summed E-state index contributed by atoms with van der Waals surface area (Å²) < 4.78 is 5.35. The van der Waals surface area contributed by atoms with Gasteiger partial charge in [0.1, 0.15) is 0 Å². The molecule has 0 spiro atoms. The fourth-order valence-corrected chi connectivity index (χ4v) is 3.25. The number of para-hydroxylation sites is 2. The molecular weight excluding hydrogens is 368 g/mol. The molecule has 1 heterocycles.